The van der Waals surface area contributed by atoms with Gasteiger partial charge in [-0.25, -0.2) is 9.67 Å². The van der Waals surface area contributed by atoms with Gasteiger partial charge in [-0.3, -0.25) is 0 Å². The number of benzene rings is 2. The molecule has 3 rings (SSSR count). The molecule has 1 heterocycles. The monoisotopic (exact) mass is 367 g/mol. The first kappa shape index (κ1) is 17.9. The molecule has 0 fully saturated rings. The highest BCUT2D eigenvalue weighted by Gasteiger charge is 2.15. The fraction of sp³-hybridized carbons (Fsp3) is 0.211. The van der Waals surface area contributed by atoms with Crippen molar-refractivity contribution >= 4 is 23.0 Å². The summed E-state index contributed by atoms with van der Waals surface area (Å²) in [4.78, 5) is 6.00. The zero-order valence-corrected chi connectivity index (χ0v) is 15.8. The quantitative estimate of drug-likeness (QED) is 0.695. The Morgan fingerprint density at radius 1 is 1.15 bits per heavy atom. The van der Waals surface area contributed by atoms with E-state index in [1.165, 1.54) is 6.33 Å². The van der Waals surface area contributed by atoms with Crippen molar-refractivity contribution in [1.82, 2.24) is 19.7 Å². The molecule has 0 saturated carbocycles. The van der Waals surface area contributed by atoms with Gasteiger partial charge in [0, 0.05) is 12.7 Å². The SMILES string of the molecule is COc1ccc(NC(=S)N(C)[C@H](C)c2ccc(-n3cncn3)cc2)cc1. The molecule has 0 unspecified atom stereocenters. The lowest BCUT2D eigenvalue weighted by Gasteiger charge is -2.28. The summed E-state index contributed by atoms with van der Waals surface area (Å²) >= 11 is 5.55. The average Bonchev–Trinajstić information content (AvgIpc) is 3.22. The molecule has 1 N–H and O–H groups in total. The zero-order valence-electron chi connectivity index (χ0n) is 15.0. The number of anilines is 1. The summed E-state index contributed by atoms with van der Waals surface area (Å²) in [7, 11) is 3.63. The van der Waals surface area contributed by atoms with E-state index in [4.69, 9.17) is 17.0 Å². The number of aromatic nitrogens is 3. The van der Waals surface area contributed by atoms with Crippen LogP contribution in [0, 0.1) is 0 Å². The predicted octanol–water partition coefficient (Wildman–Crippen LogP) is 3.67. The lowest BCUT2D eigenvalue weighted by Crippen LogP contribution is -2.33. The van der Waals surface area contributed by atoms with Gasteiger partial charge in [0.25, 0.3) is 0 Å². The van der Waals surface area contributed by atoms with Crippen LogP contribution in [0.1, 0.15) is 18.5 Å². The van der Waals surface area contributed by atoms with E-state index >= 15 is 0 Å². The zero-order chi connectivity index (χ0) is 18.5. The summed E-state index contributed by atoms with van der Waals surface area (Å²) < 4.78 is 6.90. The molecule has 6 nitrogen and oxygen atoms in total. The minimum absolute atomic E-state index is 0.123. The summed E-state index contributed by atoms with van der Waals surface area (Å²) in [6, 6.07) is 16.0. The molecule has 7 heteroatoms. The molecule has 3 aromatic rings. The van der Waals surface area contributed by atoms with Gasteiger partial charge in [0.1, 0.15) is 18.4 Å². The average molecular weight is 367 g/mol. The van der Waals surface area contributed by atoms with Crippen molar-refractivity contribution in [2.24, 2.45) is 0 Å². The van der Waals surface area contributed by atoms with Crippen LogP contribution >= 0.6 is 12.2 Å². The van der Waals surface area contributed by atoms with Gasteiger partial charge < -0.3 is 15.0 Å². The van der Waals surface area contributed by atoms with Crippen LogP contribution in [0.3, 0.4) is 0 Å². The largest absolute Gasteiger partial charge is 0.497 e. The third-order valence-corrected chi connectivity index (χ3v) is 4.69. The fourth-order valence-electron chi connectivity index (χ4n) is 2.53. The third-order valence-electron chi connectivity index (χ3n) is 4.30. The van der Waals surface area contributed by atoms with E-state index in [0.29, 0.717) is 5.11 Å². The summed E-state index contributed by atoms with van der Waals surface area (Å²) in [6.45, 7) is 2.12. The second kappa shape index (κ2) is 7.97. The number of rotatable bonds is 5. The first-order valence-corrected chi connectivity index (χ1v) is 8.62. The molecular weight excluding hydrogens is 346 g/mol. The maximum Gasteiger partial charge on any atom is 0.173 e. The summed E-state index contributed by atoms with van der Waals surface area (Å²) in [5.41, 5.74) is 3.06. The summed E-state index contributed by atoms with van der Waals surface area (Å²) in [6.07, 6.45) is 3.20. The molecule has 0 aliphatic rings. The Kier molecular flexibility index (Phi) is 5.48. The molecule has 0 aliphatic carbocycles. The van der Waals surface area contributed by atoms with E-state index < -0.39 is 0 Å². The molecular formula is C19H21N5OS. The molecule has 1 aromatic heterocycles. The lowest BCUT2D eigenvalue weighted by atomic mass is 10.1. The molecule has 26 heavy (non-hydrogen) atoms. The van der Waals surface area contributed by atoms with Gasteiger partial charge in [-0.05, 0) is 61.1 Å². The van der Waals surface area contributed by atoms with Gasteiger partial charge in [-0.2, -0.15) is 5.10 Å². The van der Waals surface area contributed by atoms with Gasteiger partial charge in [0.2, 0.25) is 0 Å². The topological polar surface area (TPSA) is 55.2 Å². The van der Waals surface area contributed by atoms with Crippen LogP contribution in [0.25, 0.3) is 5.69 Å². The molecule has 1 atom stereocenters. The number of methoxy groups -OCH3 is 1. The van der Waals surface area contributed by atoms with Gasteiger partial charge in [0.05, 0.1) is 18.8 Å². The molecule has 0 amide bonds. The van der Waals surface area contributed by atoms with Crippen molar-refractivity contribution in [3.05, 3.63) is 66.7 Å². The minimum atomic E-state index is 0.123. The maximum absolute atomic E-state index is 5.55. The summed E-state index contributed by atoms with van der Waals surface area (Å²) in [5.74, 6) is 0.815. The predicted molar refractivity (Wildman–Crippen MR) is 107 cm³/mol. The van der Waals surface area contributed by atoms with Crippen molar-refractivity contribution < 1.29 is 4.74 Å². The van der Waals surface area contributed by atoms with Crippen molar-refractivity contribution in [1.29, 1.82) is 0 Å². The molecule has 2 aromatic carbocycles. The highest BCUT2D eigenvalue weighted by atomic mass is 32.1. The molecule has 134 valence electrons. The Bertz CT molecular complexity index is 847. The first-order chi connectivity index (χ1) is 12.6. The van der Waals surface area contributed by atoms with Crippen LogP contribution in [-0.2, 0) is 0 Å². The van der Waals surface area contributed by atoms with E-state index in [1.54, 1.807) is 18.1 Å². The highest BCUT2D eigenvalue weighted by molar-refractivity contribution is 7.80. The van der Waals surface area contributed by atoms with Crippen molar-refractivity contribution in [3.63, 3.8) is 0 Å². The van der Waals surface area contributed by atoms with E-state index in [0.717, 1.165) is 22.7 Å². The fourth-order valence-corrected chi connectivity index (χ4v) is 2.81. The first-order valence-electron chi connectivity index (χ1n) is 8.21. The summed E-state index contributed by atoms with van der Waals surface area (Å²) in [5, 5.41) is 8.05. The number of thiocarbonyl (C=S) groups is 1. The minimum Gasteiger partial charge on any atom is -0.497 e. The number of nitrogens with zero attached hydrogens (tertiary/aromatic N) is 4. The smallest absolute Gasteiger partial charge is 0.173 e. The van der Waals surface area contributed by atoms with Gasteiger partial charge >= 0.3 is 0 Å². The third kappa shape index (κ3) is 4.00. The van der Waals surface area contributed by atoms with Crippen LogP contribution in [0.2, 0.25) is 0 Å². The van der Waals surface area contributed by atoms with Gasteiger partial charge in [-0.1, -0.05) is 12.1 Å². The number of hydrogen-bond donors (Lipinski definition) is 1. The van der Waals surface area contributed by atoms with Crippen molar-refractivity contribution in [3.8, 4) is 11.4 Å². The molecule has 0 spiro atoms. The maximum atomic E-state index is 5.55. The number of ether oxygens (including phenoxy) is 1. The second-order valence-electron chi connectivity index (χ2n) is 5.88. The Morgan fingerprint density at radius 2 is 1.85 bits per heavy atom. The number of hydrogen-bond acceptors (Lipinski definition) is 4. The Morgan fingerprint density at radius 3 is 2.42 bits per heavy atom. The van der Waals surface area contributed by atoms with Gasteiger partial charge in [-0.15, -0.1) is 0 Å². The Hall–Kier alpha value is -2.93. The van der Waals surface area contributed by atoms with E-state index in [1.807, 2.05) is 48.3 Å². The normalized spacial score (nSPS) is 11.7. The molecule has 0 saturated heterocycles. The Balaban J connectivity index is 1.66. The lowest BCUT2D eigenvalue weighted by molar-refractivity contribution is 0.408. The van der Waals surface area contributed by atoms with E-state index in [2.05, 4.69) is 34.5 Å². The van der Waals surface area contributed by atoms with E-state index in [-0.39, 0.29) is 6.04 Å². The van der Waals surface area contributed by atoms with Crippen molar-refractivity contribution in [2.45, 2.75) is 13.0 Å². The van der Waals surface area contributed by atoms with Gasteiger partial charge in [0.15, 0.2) is 5.11 Å². The van der Waals surface area contributed by atoms with Crippen LogP contribution in [0.15, 0.2) is 61.2 Å². The van der Waals surface area contributed by atoms with E-state index in [9.17, 15) is 0 Å². The highest BCUT2D eigenvalue weighted by Crippen LogP contribution is 2.22. The standard InChI is InChI=1S/C19H21N5OS/c1-14(15-4-8-17(9-5-15)24-13-20-12-21-24)23(2)19(26)22-16-6-10-18(25-3)11-7-16/h4-14H,1-3H3,(H,22,26)/t14-/m1/s1. The molecule has 0 bridgehead atoms. The van der Waals surface area contributed by atoms with Crippen LogP contribution in [0.4, 0.5) is 5.69 Å². The van der Waals surface area contributed by atoms with Crippen LogP contribution in [-0.4, -0.2) is 38.9 Å². The van der Waals surface area contributed by atoms with Crippen LogP contribution in [0.5, 0.6) is 5.75 Å². The van der Waals surface area contributed by atoms with Crippen LogP contribution < -0.4 is 10.1 Å². The molecule has 0 aliphatic heterocycles. The Labute approximate surface area is 158 Å². The second-order valence-corrected chi connectivity index (χ2v) is 6.26. The number of nitrogens with one attached hydrogen (secondary N) is 1. The molecule has 0 radical (unpaired) electrons. The van der Waals surface area contributed by atoms with Crippen molar-refractivity contribution in [2.75, 3.05) is 19.5 Å².